The SMILES string of the molecule is CNS(=O)(=O)c1ccc([C@H](C)Oc2ccc(C)c3nc(-c4oc5ccccc5c4C)cc(C(=O)[O-])c23)cc1.[Na+]. The number of aromatic carboxylic acids is 1. The Labute approximate surface area is 248 Å². The van der Waals surface area contributed by atoms with E-state index in [0.717, 1.165) is 16.5 Å². The maximum atomic E-state index is 12.3. The fourth-order valence-electron chi connectivity index (χ4n) is 4.53. The van der Waals surface area contributed by atoms with Crippen LogP contribution in [0, 0.1) is 13.8 Å². The number of ether oxygens (including phenoxy) is 1. The molecule has 0 aliphatic heterocycles. The molecule has 3 aromatic carbocycles. The van der Waals surface area contributed by atoms with Crippen LogP contribution in [0.5, 0.6) is 5.75 Å². The second kappa shape index (κ2) is 11.1. The van der Waals surface area contributed by atoms with Crippen LogP contribution in [0.1, 0.15) is 40.1 Å². The van der Waals surface area contributed by atoms with Crippen molar-refractivity contribution in [2.24, 2.45) is 0 Å². The molecule has 8 nitrogen and oxygen atoms in total. The number of nitrogens with one attached hydrogen (secondary N) is 1. The van der Waals surface area contributed by atoms with Gasteiger partial charge in [-0.2, -0.15) is 0 Å². The number of carboxylic acid groups (broad SMARTS) is 1. The molecule has 0 bridgehead atoms. The van der Waals surface area contributed by atoms with Crippen molar-refractivity contribution in [2.75, 3.05) is 7.05 Å². The van der Waals surface area contributed by atoms with Gasteiger partial charge in [-0.1, -0.05) is 36.4 Å². The zero-order valence-electron chi connectivity index (χ0n) is 22.2. The van der Waals surface area contributed by atoms with Crippen molar-refractivity contribution in [2.45, 2.75) is 31.8 Å². The van der Waals surface area contributed by atoms with Crippen LogP contribution in [-0.4, -0.2) is 26.4 Å². The molecular formula is C29H25N2NaO6S. The number of carboxylic acids is 1. The third kappa shape index (κ3) is 5.33. The summed E-state index contributed by atoms with van der Waals surface area (Å²) in [6.45, 7) is 5.55. The summed E-state index contributed by atoms with van der Waals surface area (Å²) in [6.07, 6.45) is -0.515. The Bertz CT molecular complexity index is 1810. The van der Waals surface area contributed by atoms with Gasteiger partial charge in [-0.3, -0.25) is 0 Å². The van der Waals surface area contributed by atoms with Crippen LogP contribution in [0.25, 0.3) is 33.3 Å². The number of hydrogen-bond donors (Lipinski definition) is 1. The average molecular weight is 553 g/mol. The van der Waals surface area contributed by atoms with Crippen molar-refractivity contribution >= 4 is 37.9 Å². The predicted octanol–water partition coefficient (Wildman–Crippen LogP) is 1.68. The minimum Gasteiger partial charge on any atom is -0.545 e. The third-order valence-electron chi connectivity index (χ3n) is 6.65. The van der Waals surface area contributed by atoms with Gasteiger partial charge in [-0.25, -0.2) is 18.1 Å². The predicted molar refractivity (Wildman–Crippen MR) is 142 cm³/mol. The molecule has 1 atom stereocenters. The van der Waals surface area contributed by atoms with Crippen molar-refractivity contribution < 1.29 is 57.0 Å². The van der Waals surface area contributed by atoms with E-state index in [9.17, 15) is 18.3 Å². The van der Waals surface area contributed by atoms with Gasteiger partial charge >= 0.3 is 29.6 Å². The number of sulfonamides is 1. The average Bonchev–Trinajstić information content (AvgIpc) is 3.26. The number of rotatable bonds is 7. The van der Waals surface area contributed by atoms with Crippen molar-refractivity contribution in [3.8, 4) is 17.2 Å². The molecule has 2 aromatic heterocycles. The number of aryl methyl sites for hydroxylation is 2. The summed E-state index contributed by atoms with van der Waals surface area (Å²) in [5, 5.41) is 13.6. The zero-order chi connectivity index (χ0) is 27.2. The summed E-state index contributed by atoms with van der Waals surface area (Å²) in [4.78, 5) is 17.3. The van der Waals surface area contributed by atoms with E-state index in [0.29, 0.717) is 39.3 Å². The molecule has 0 fully saturated rings. The number of carbonyl (C=O) groups excluding carboxylic acids is 1. The topological polar surface area (TPSA) is 122 Å². The van der Waals surface area contributed by atoms with E-state index in [1.54, 1.807) is 25.1 Å². The fraction of sp³-hybridized carbons (Fsp3) is 0.172. The molecule has 0 aliphatic carbocycles. The fourth-order valence-corrected chi connectivity index (χ4v) is 5.26. The van der Waals surface area contributed by atoms with Gasteiger partial charge in [-0.05, 0) is 69.3 Å². The molecule has 194 valence electrons. The molecule has 2 heterocycles. The normalized spacial score (nSPS) is 12.3. The molecule has 5 aromatic rings. The number of benzene rings is 3. The summed E-state index contributed by atoms with van der Waals surface area (Å²) in [7, 11) is -2.22. The Kier molecular flexibility index (Phi) is 8.20. The zero-order valence-corrected chi connectivity index (χ0v) is 25.0. The second-order valence-corrected chi connectivity index (χ2v) is 10.9. The molecule has 0 aliphatic rings. The maximum Gasteiger partial charge on any atom is 1.00 e. The summed E-state index contributed by atoms with van der Waals surface area (Å²) in [5.41, 5.74) is 3.81. The van der Waals surface area contributed by atoms with Gasteiger partial charge in [0, 0.05) is 16.5 Å². The number of para-hydroxylation sites is 1. The minimum atomic E-state index is -3.57. The van der Waals surface area contributed by atoms with E-state index in [1.165, 1.54) is 25.2 Å². The molecule has 0 saturated heterocycles. The first-order chi connectivity index (χ1) is 18.1. The van der Waals surface area contributed by atoms with E-state index in [4.69, 9.17) is 14.1 Å². The number of nitrogens with zero attached hydrogens (tertiary/aromatic N) is 1. The summed E-state index contributed by atoms with van der Waals surface area (Å²) in [6, 6.07) is 18.9. The van der Waals surface area contributed by atoms with E-state index >= 15 is 0 Å². The Balaban J connectivity index is 0.00000353. The van der Waals surface area contributed by atoms with Crippen LogP contribution in [0.2, 0.25) is 0 Å². The second-order valence-electron chi connectivity index (χ2n) is 9.04. The van der Waals surface area contributed by atoms with Crippen LogP contribution in [0.15, 0.2) is 76.0 Å². The van der Waals surface area contributed by atoms with E-state index in [1.807, 2.05) is 44.2 Å². The molecule has 0 radical (unpaired) electrons. The number of hydrogen-bond acceptors (Lipinski definition) is 7. The van der Waals surface area contributed by atoms with E-state index in [-0.39, 0.29) is 40.0 Å². The molecule has 39 heavy (non-hydrogen) atoms. The molecule has 10 heteroatoms. The largest absolute Gasteiger partial charge is 1.00 e. The first kappa shape index (κ1) is 28.8. The molecule has 1 N–H and O–H groups in total. The standard InChI is InChI=1S/C29H26N2O6S.Na/c1-16-9-14-25(36-18(3)19-10-12-20(13-11-19)38(34,35)30-4)26-22(29(32)33)15-23(31-27(16)26)28-17(2)21-7-5-6-8-24(21)37-28;/h5-15,18,30H,1-4H3,(H,32,33);/q;+1/p-1/t18-;/m0./s1. The van der Waals surface area contributed by atoms with Gasteiger partial charge in [0.25, 0.3) is 0 Å². The van der Waals surface area contributed by atoms with Crippen LogP contribution in [0.3, 0.4) is 0 Å². The van der Waals surface area contributed by atoms with Crippen molar-refractivity contribution in [3.05, 3.63) is 89.0 Å². The van der Waals surface area contributed by atoms with Gasteiger partial charge < -0.3 is 19.1 Å². The van der Waals surface area contributed by atoms with Crippen molar-refractivity contribution in [1.29, 1.82) is 0 Å². The molecular weight excluding hydrogens is 527 g/mol. The third-order valence-corrected chi connectivity index (χ3v) is 8.08. The smallest absolute Gasteiger partial charge is 0.545 e. The minimum absolute atomic E-state index is 0. The van der Waals surface area contributed by atoms with Gasteiger partial charge in [0.2, 0.25) is 10.0 Å². The molecule has 0 amide bonds. The quantitative estimate of drug-likeness (QED) is 0.305. The first-order valence-electron chi connectivity index (χ1n) is 11.9. The molecule has 5 rings (SSSR count). The van der Waals surface area contributed by atoms with Gasteiger partial charge in [0.1, 0.15) is 23.1 Å². The van der Waals surface area contributed by atoms with Crippen LogP contribution in [0.4, 0.5) is 0 Å². The van der Waals surface area contributed by atoms with Gasteiger partial charge in [-0.15, -0.1) is 0 Å². The number of furan rings is 1. The number of aromatic nitrogens is 1. The molecule has 0 unspecified atom stereocenters. The summed E-state index contributed by atoms with van der Waals surface area (Å²) < 4.78 is 38.6. The van der Waals surface area contributed by atoms with Crippen LogP contribution in [-0.2, 0) is 10.0 Å². The maximum absolute atomic E-state index is 12.3. The van der Waals surface area contributed by atoms with Gasteiger partial charge in [0.05, 0.1) is 21.8 Å². The monoisotopic (exact) mass is 552 g/mol. The van der Waals surface area contributed by atoms with Crippen molar-refractivity contribution in [1.82, 2.24) is 9.71 Å². The van der Waals surface area contributed by atoms with E-state index < -0.39 is 22.1 Å². The number of fused-ring (bicyclic) bond motifs is 2. The Morgan fingerprint density at radius 1 is 1.05 bits per heavy atom. The number of carbonyl (C=O) groups is 1. The summed E-state index contributed by atoms with van der Waals surface area (Å²) in [5.74, 6) is -0.548. The number of pyridine rings is 1. The first-order valence-corrected chi connectivity index (χ1v) is 13.4. The van der Waals surface area contributed by atoms with Crippen LogP contribution >= 0.6 is 0 Å². The molecule has 0 spiro atoms. The van der Waals surface area contributed by atoms with Gasteiger partial charge in [0.15, 0.2) is 5.76 Å². The molecule has 0 saturated carbocycles. The van der Waals surface area contributed by atoms with Crippen LogP contribution < -0.4 is 44.1 Å². The van der Waals surface area contributed by atoms with Crippen molar-refractivity contribution in [3.63, 3.8) is 0 Å². The van der Waals surface area contributed by atoms with E-state index in [2.05, 4.69) is 4.72 Å². The Morgan fingerprint density at radius 3 is 2.38 bits per heavy atom. The Hall–Kier alpha value is -3.21. The Morgan fingerprint density at radius 2 is 1.74 bits per heavy atom. The summed E-state index contributed by atoms with van der Waals surface area (Å²) >= 11 is 0.